The van der Waals surface area contributed by atoms with Gasteiger partial charge in [0.1, 0.15) is 0 Å². The Morgan fingerprint density at radius 3 is 2.15 bits per heavy atom. The topological polar surface area (TPSA) is 98.1 Å². The van der Waals surface area contributed by atoms with Gasteiger partial charge in [0.15, 0.2) is 0 Å². The monoisotopic (exact) mass is 288 g/mol. The second-order valence-electron chi connectivity index (χ2n) is 3.99. The van der Waals surface area contributed by atoms with Gasteiger partial charge in [0.05, 0.1) is 5.54 Å². The van der Waals surface area contributed by atoms with Crippen molar-refractivity contribution >= 4 is 5.97 Å². The molecule has 1 aromatic carbocycles. The van der Waals surface area contributed by atoms with Crippen LogP contribution in [0, 0.1) is 0 Å². The molecule has 20 heavy (non-hydrogen) atoms. The Morgan fingerprint density at radius 1 is 1.35 bits per heavy atom. The second kappa shape index (κ2) is 6.27. The van der Waals surface area contributed by atoms with Gasteiger partial charge in [-0.2, -0.15) is 13.2 Å². The summed E-state index contributed by atoms with van der Waals surface area (Å²) >= 11 is 0. The summed E-state index contributed by atoms with van der Waals surface area (Å²) in [5.41, 5.74) is 9.21. The third-order valence-corrected chi connectivity index (χ3v) is 2.62. The number of hydrogen-bond donors (Lipinski definition) is 2. The largest absolute Gasteiger partial charge is 0.490 e. The maximum absolute atomic E-state index is 10.6. The van der Waals surface area contributed by atoms with Crippen LogP contribution in [0.1, 0.15) is 5.56 Å². The minimum Gasteiger partial charge on any atom is -0.475 e. The van der Waals surface area contributed by atoms with E-state index in [2.05, 4.69) is 15.3 Å². The van der Waals surface area contributed by atoms with E-state index in [1.807, 2.05) is 30.3 Å². The Hall–Kier alpha value is -2.25. The lowest BCUT2D eigenvalue weighted by Gasteiger charge is -2.38. The maximum atomic E-state index is 10.6. The van der Waals surface area contributed by atoms with Crippen molar-refractivity contribution in [1.82, 2.24) is 5.32 Å². The highest BCUT2D eigenvalue weighted by molar-refractivity contribution is 5.73. The average Bonchev–Trinajstić information content (AvgIpc) is 2.34. The molecule has 1 saturated heterocycles. The lowest BCUT2D eigenvalue weighted by molar-refractivity contribution is -0.192. The Morgan fingerprint density at radius 2 is 1.85 bits per heavy atom. The number of carbonyl (C=O) groups is 1. The quantitative estimate of drug-likeness (QED) is 0.496. The number of nitrogens with one attached hydrogen (secondary N) is 1. The second-order valence-corrected chi connectivity index (χ2v) is 3.99. The summed E-state index contributed by atoms with van der Waals surface area (Å²) < 4.78 is 31.7. The lowest BCUT2D eigenvalue weighted by atomic mass is 9.85. The summed E-state index contributed by atoms with van der Waals surface area (Å²) in [7, 11) is 0. The SMILES string of the molecule is O=C(O)C(F)(F)F.[N-]=[N+]=NC1(c2ccccc2)CNC1. The highest BCUT2D eigenvalue weighted by Gasteiger charge is 2.38. The lowest BCUT2D eigenvalue weighted by Crippen LogP contribution is -2.55. The van der Waals surface area contributed by atoms with Crippen LogP contribution in [0.4, 0.5) is 13.2 Å². The molecular weight excluding hydrogens is 277 g/mol. The zero-order valence-corrected chi connectivity index (χ0v) is 10.1. The van der Waals surface area contributed by atoms with Gasteiger partial charge in [0, 0.05) is 18.0 Å². The van der Waals surface area contributed by atoms with Crippen LogP contribution in [0.3, 0.4) is 0 Å². The molecular formula is C11H11F3N4O2. The fourth-order valence-corrected chi connectivity index (χ4v) is 1.53. The van der Waals surface area contributed by atoms with E-state index < -0.39 is 12.1 Å². The van der Waals surface area contributed by atoms with Crippen molar-refractivity contribution < 1.29 is 23.1 Å². The van der Waals surface area contributed by atoms with Crippen molar-refractivity contribution in [2.75, 3.05) is 13.1 Å². The third-order valence-electron chi connectivity index (χ3n) is 2.62. The van der Waals surface area contributed by atoms with E-state index in [0.717, 1.165) is 18.7 Å². The van der Waals surface area contributed by atoms with Crippen LogP contribution in [0.25, 0.3) is 10.4 Å². The number of carboxylic acids is 1. The molecule has 0 aliphatic carbocycles. The van der Waals surface area contributed by atoms with E-state index >= 15 is 0 Å². The standard InChI is InChI=1S/C9H10N4.C2HF3O2/c10-13-12-9(6-11-7-9)8-4-2-1-3-5-8;3-2(4,5)1(6)7/h1-5,11H,6-7H2;(H,6,7). The molecule has 0 amide bonds. The van der Waals surface area contributed by atoms with Gasteiger partial charge in [0.2, 0.25) is 0 Å². The predicted molar refractivity (Wildman–Crippen MR) is 63.8 cm³/mol. The molecule has 0 radical (unpaired) electrons. The predicted octanol–water partition coefficient (Wildman–Crippen LogP) is 2.43. The van der Waals surface area contributed by atoms with E-state index in [1.165, 1.54) is 0 Å². The number of nitrogens with zero attached hydrogens (tertiary/aromatic N) is 3. The van der Waals surface area contributed by atoms with Gasteiger partial charge in [-0.25, -0.2) is 4.79 Å². The zero-order valence-electron chi connectivity index (χ0n) is 10.1. The van der Waals surface area contributed by atoms with Crippen LogP contribution in [0.2, 0.25) is 0 Å². The molecule has 9 heteroatoms. The molecule has 0 unspecified atom stereocenters. The maximum Gasteiger partial charge on any atom is 0.490 e. The first-order valence-corrected chi connectivity index (χ1v) is 5.44. The minimum atomic E-state index is -5.08. The highest BCUT2D eigenvalue weighted by Crippen LogP contribution is 2.29. The number of halogens is 3. The van der Waals surface area contributed by atoms with E-state index in [4.69, 9.17) is 15.4 Å². The first-order valence-electron chi connectivity index (χ1n) is 5.44. The third kappa shape index (κ3) is 3.87. The fourth-order valence-electron chi connectivity index (χ4n) is 1.53. The molecule has 0 atom stereocenters. The smallest absolute Gasteiger partial charge is 0.475 e. The van der Waals surface area contributed by atoms with Crippen molar-refractivity contribution in [2.24, 2.45) is 5.11 Å². The number of alkyl halides is 3. The van der Waals surface area contributed by atoms with Crippen molar-refractivity contribution in [3.05, 3.63) is 46.3 Å². The van der Waals surface area contributed by atoms with Crippen molar-refractivity contribution in [1.29, 1.82) is 0 Å². The molecule has 0 bridgehead atoms. The summed E-state index contributed by atoms with van der Waals surface area (Å²) in [6.45, 7) is 1.47. The molecule has 2 N–H and O–H groups in total. The normalized spacial score (nSPS) is 15.9. The van der Waals surface area contributed by atoms with Crippen LogP contribution < -0.4 is 5.32 Å². The Labute approximate surface area is 111 Å². The summed E-state index contributed by atoms with van der Waals surface area (Å²) in [6.07, 6.45) is -5.08. The summed E-state index contributed by atoms with van der Waals surface area (Å²) in [6, 6.07) is 9.87. The molecule has 108 valence electrons. The van der Waals surface area contributed by atoms with Crippen molar-refractivity contribution in [3.8, 4) is 0 Å². The number of hydrogen-bond acceptors (Lipinski definition) is 3. The van der Waals surface area contributed by atoms with Gasteiger partial charge in [0.25, 0.3) is 0 Å². The Balaban J connectivity index is 0.000000246. The molecule has 0 spiro atoms. The number of carboxylic acid groups (broad SMARTS) is 1. The fraction of sp³-hybridized carbons (Fsp3) is 0.364. The van der Waals surface area contributed by atoms with Crippen LogP contribution in [-0.2, 0) is 10.3 Å². The summed E-state index contributed by atoms with van der Waals surface area (Å²) in [5.74, 6) is -2.76. The van der Waals surface area contributed by atoms with E-state index in [-0.39, 0.29) is 5.54 Å². The van der Waals surface area contributed by atoms with Gasteiger partial charge >= 0.3 is 12.1 Å². The molecule has 1 fully saturated rings. The molecule has 0 aromatic heterocycles. The molecule has 6 nitrogen and oxygen atoms in total. The van der Waals surface area contributed by atoms with Crippen molar-refractivity contribution in [2.45, 2.75) is 11.7 Å². The van der Waals surface area contributed by atoms with Crippen LogP contribution in [0.5, 0.6) is 0 Å². The first kappa shape index (κ1) is 15.8. The number of aliphatic carboxylic acids is 1. The first-order chi connectivity index (χ1) is 9.32. The van der Waals surface area contributed by atoms with Gasteiger partial charge < -0.3 is 10.4 Å². The number of azide groups is 1. The molecule has 1 heterocycles. The Kier molecular flexibility index (Phi) is 4.95. The molecule has 1 aliphatic rings. The van der Waals surface area contributed by atoms with Gasteiger partial charge in [-0.05, 0) is 11.1 Å². The van der Waals surface area contributed by atoms with Gasteiger partial charge in [-0.3, -0.25) is 0 Å². The Bertz CT molecular complexity index is 508. The molecule has 2 rings (SSSR count). The molecule has 1 aliphatic heterocycles. The van der Waals surface area contributed by atoms with Crippen LogP contribution in [0.15, 0.2) is 35.4 Å². The number of benzene rings is 1. The number of rotatable bonds is 2. The van der Waals surface area contributed by atoms with Gasteiger partial charge in [-0.15, -0.1) is 0 Å². The summed E-state index contributed by atoms with van der Waals surface area (Å²) in [5, 5.41) is 14.1. The van der Waals surface area contributed by atoms with Crippen molar-refractivity contribution in [3.63, 3.8) is 0 Å². The van der Waals surface area contributed by atoms with Crippen LogP contribution >= 0.6 is 0 Å². The van der Waals surface area contributed by atoms with Gasteiger partial charge in [-0.1, -0.05) is 35.4 Å². The summed E-state index contributed by atoms with van der Waals surface area (Å²) in [4.78, 5) is 11.8. The van der Waals surface area contributed by atoms with E-state index in [0.29, 0.717) is 0 Å². The van der Waals surface area contributed by atoms with Crippen LogP contribution in [-0.4, -0.2) is 30.3 Å². The van der Waals surface area contributed by atoms with E-state index in [9.17, 15) is 13.2 Å². The average molecular weight is 288 g/mol. The molecule has 1 aromatic rings. The minimum absolute atomic E-state index is 0.337. The molecule has 0 saturated carbocycles. The van der Waals surface area contributed by atoms with E-state index in [1.54, 1.807) is 0 Å². The zero-order chi connectivity index (χ0) is 15.2. The highest BCUT2D eigenvalue weighted by atomic mass is 19.4.